The van der Waals surface area contributed by atoms with Gasteiger partial charge >= 0.3 is 5.97 Å². The van der Waals surface area contributed by atoms with Crippen LogP contribution in [-0.4, -0.2) is 21.9 Å². The van der Waals surface area contributed by atoms with Gasteiger partial charge < -0.3 is 9.67 Å². The Kier molecular flexibility index (Phi) is 3.42. The summed E-state index contributed by atoms with van der Waals surface area (Å²) in [6.07, 6.45) is 1.78. The largest absolute Gasteiger partial charge is 0.478 e. The normalized spacial score (nSPS) is 10.9. The Bertz CT molecular complexity index is 668. The van der Waals surface area contributed by atoms with Crippen LogP contribution in [0.3, 0.4) is 0 Å². The molecule has 100 valence electrons. The summed E-state index contributed by atoms with van der Waals surface area (Å²) in [6, 6.07) is 3.46. The number of aromatic carboxylic acids is 1. The number of nitrogens with zero attached hydrogens (tertiary/aromatic N) is 1. The number of rotatable bonds is 4. The molecule has 0 fully saturated rings. The zero-order valence-corrected chi connectivity index (χ0v) is 11.4. The van der Waals surface area contributed by atoms with E-state index in [1.165, 1.54) is 0 Å². The molecule has 1 aromatic heterocycles. The zero-order chi connectivity index (χ0) is 14.2. The second kappa shape index (κ2) is 4.88. The van der Waals surface area contributed by atoms with Crippen molar-refractivity contribution in [3.8, 4) is 0 Å². The van der Waals surface area contributed by atoms with Gasteiger partial charge in [0.1, 0.15) is 0 Å². The van der Waals surface area contributed by atoms with Crippen molar-refractivity contribution in [1.82, 2.24) is 4.57 Å². The number of fused-ring (bicyclic) bond motifs is 1. The third-order valence-electron chi connectivity index (χ3n) is 3.51. The number of aldehydes is 1. The molecule has 0 aliphatic carbocycles. The number of carbonyl (C=O) groups excluding carboxylic acids is 1. The van der Waals surface area contributed by atoms with Gasteiger partial charge in [0.05, 0.1) is 5.56 Å². The van der Waals surface area contributed by atoms with Crippen molar-refractivity contribution < 1.29 is 14.7 Å². The van der Waals surface area contributed by atoms with Crippen LogP contribution in [0.25, 0.3) is 10.9 Å². The summed E-state index contributed by atoms with van der Waals surface area (Å²) in [5, 5.41) is 10.0. The molecule has 19 heavy (non-hydrogen) atoms. The molecule has 0 aliphatic heterocycles. The maximum Gasteiger partial charge on any atom is 0.336 e. The molecule has 0 atom stereocenters. The molecule has 2 aromatic rings. The summed E-state index contributed by atoms with van der Waals surface area (Å²) in [5.41, 5.74) is 3.35. The van der Waals surface area contributed by atoms with Crippen LogP contribution in [0.15, 0.2) is 12.1 Å². The fraction of sp³-hybridized carbons (Fsp3) is 0.333. The molecule has 0 radical (unpaired) electrons. The van der Waals surface area contributed by atoms with Crippen LogP contribution in [0.2, 0.25) is 0 Å². The van der Waals surface area contributed by atoms with Crippen LogP contribution < -0.4 is 0 Å². The van der Waals surface area contributed by atoms with Crippen LogP contribution in [0.5, 0.6) is 0 Å². The van der Waals surface area contributed by atoms with Gasteiger partial charge in [-0.05, 0) is 38.0 Å². The first kappa shape index (κ1) is 13.3. The fourth-order valence-corrected chi connectivity index (χ4v) is 2.55. The summed E-state index contributed by atoms with van der Waals surface area (Å²) < 4.78 is 2.02. The van der Waals surface area contributed by atoms with E-state index in [2.05, 4.69) is 6.92 Å². The van der Waals surface area contributed by atoms with E-state index in [9.17, 15) is 14.7 Å². The number of carboxylic acid groups (broad SMARTS) is 1. The van der Waals surface area contributed by atoms with Crippen LogP contribution in [0.4, 0.5) is 0 Å². The van der Waals surface area contributed by atoms with Crippen molar-refractivity contribution in [2.75, 3.05) is 0 Å². The lowest BCUT2D eigenvalue weighted by atomic mass is 10.0. The van der Waals surface area contributed by atoms with Gasteiger partial charge in [-0.15, -0.1) is 0 Å². The number of carbonyl (C=O) groups is 2. The number of carboxylic acids is 1. The van der Waals surface area contributed by atoms with Gasteiger partial charge in [0.25, 0.3) is 0 Å². The maximum atomic E-state index is 11.3. The quantitative estimate of drug-likeness (QED) is 0.858. The number of aryl methyl sites for hydroxylation is 2. The Balaban J connectivity index is 2.86. The summed E-state index contributed by atoms with van der Waals surface area (Å²) in [4.78, 5) is 22.5. The predicted molar refractivity (Wildman–Crippen MR) is 74.0 cm³/mol. The molecule has 0 aliphatic rings. The monoisotopic (exact) mass is 259 g/mol. The Morgan fingerprint density at radius 2 is 2.05 bits per heavy atom. The summed E-state index contributed by atoms with van der Waals surface area (Å²) in [7, 11) is 0. The highest BCUT2D eigenvalue weighted by Crippen LogP contribution is 2.28. The van der Waals surface area contributed by atoms with Gasteiger partial charge in [-0.2, -0.15) is 0 Å². The average Bonchev–Trinajstić information content (AvgIpc) is 2.61. The Morgan fingerprint density at radius 1 is 1.37 bits per heavy atom. The third-order valence-corrected chi connectivity index (χ3v) is 3.51. The molecule has 0 saturated heterocycles. The highest BCUT2D eigenvalue weighted by atomic mass is 16.4. The number of benzene rings is 1. The van der Waals surface area contributed by atoms with E-state index >= 15 is 0 Å². The van der Waals surface area contributed by atoms with Crippen LogP contribution in [-0.2, 0) is 6.54 Å². The molecule has 0 bridgehead atoms. The molecular weight excluding hydrogens is 242 g/mol. The lowest BCUT2D eigenvalue weighted by Gasteiger charge is -2.07. The van der Waals surface area contributed by atoms with Crippen molar-refractivity contribution in [3.05, 3.63) is 34.5 Å². The summed E-state index contributed by atoms with van der Waals surface area (Å²) in [5.74, 6) is -0.936. The lowest BCUT2D eigenvalue weighted by molar-refractivity contribution is 0.0696. The average molecular weight is 259 g/mol. The highest BCUT2D eigenvalue weighted by molar-refractivity contribution is 6.03. The number of hydrogen-bond acceptors (Lipinski definition) is 2. The molecule has 1 N–H and O–H groups in total. The van der Waals surface area contributed by atoms with E-state index < -0.39 is 5.97 Å². The molecule has 0 amide bonds. The topological polar surface area (TPSA) is 59.3 Å². The minimum Gasteiger partial charge on any atom is -0.478 e. The standard InChI is InChI=1S/C15H17NO3/c1-4-5-16-10(3)13(8-17)12-6-9(2)11(15(18)19)7-14(12)16/h6-8H,4-5H2,1-3H3,(H,18,19). The van der Waals surface area contributed by atoms with E-state index in [-0.39, 0.29) is 0 Å². The molecule has 4 nitrogen and oxygen atoms in total. The first-order valence-corrected chi connectivity index (χ1v) is 6.33. The van der Waals surface area contributed by atoms with Crippen LogP contribution in [0, 0.1) is 13.8 Å². The van der Waals surface area contributed by atoms with Crippen LogP contribution >= 0.6 is 0 Å². The maximum absolute atomic E-state index is 11.3. The second-order valence-corrected chi connectivity index (χ2v) is 4.76. The van der Waals surface area contributed by atoms with E-state index in [0.29, 0.717) is 16.7 Å². The summed E-state index contributed by atoms with van der Waals surface area (Å²) in [6.45, 7) is 6.48. The molecule has 0 saturated carbocycles. The van der Waals surface area contributed by atoms with Gasteiger partial charge in [-0.1, -0.05) is 6.92 Å². The van der Waals surface area contributed by atoms with Crippen molar-refractivity contribution in [2.24, 2.45) is 0 Å². The van der Waals surface area contributed by atoms with Gasteiger partial charge in [-0.25, -0.2) is 4.79 Å². The molecule has 2 rings (SSSR count). The van der Waals surface area contributed by atoms with Gasteiger partial charge in [0.15, 0.2) is 6.29 Å². The van der Waals surface area contributed by atoms with Crippen molar-refractivity contribution in [1.29, 1.82) is 0 Å². The second-order valence-electron chi connectivity index (χ2n) is 4.76. The van der Waals surface area contributed by atoms with E-state index in [4.69, 9.17) is 0 Å². The Morgan fingerprint density at radius 3 is 2.58 bits per heavy atom. The predicted octanol–water partition coefficient (Wildman–Crippen LogP) is 3.18. The van der Waals surface area contributed by atoms with Gasteiger partial charge in [0, 0.05) is 28.7 Å². The van der Waals surface area contributed by atoms with Crippen LogP contribution in [0.1, 0.15) is 45.3 Å². The molecule has 4 heteroatoms. The number of hydrogen-bond donors (Lipinski definition) is 1. The minimum absolute atomic E-state index is 0.291. The Hall–Kier alpha value is -2.10. The number of aromatic nitrogens is 1. The Labute approximate surface area is 111 Å². The molecular formula is C15H17NO3. The SMILES string of the molecule is CCCn1c(C)c(C=O)c2cc(C)c(C(=O)O)cc21. The van der Waals surface area contributed by atoms with Gasteiger partial charge in [0.2, 0.25) is 0 Å². The van der Waals surface area contributed by atoms with E-state index in [1.54, 1.807) is 19.1 Å². The molecule has 1 heterocycles. The molecule has 0 unspecified atom stereocenters. The van der Waals surface area contributed by atoms with Crippen molar-refractivity contribution in [3.63, 3.8) is 0 Å². The zero-order valence-electron chi connectivity index (χ0n) is 11.4. The lowest BCUT2D eigenvalue weighted by Crippen LogP contribution is -2.02. The highest BCUT2D eigenvalue weighted by Gasteiger charge is 2.17. The first-order chi connectivity index (χ1) is 9.01. The first-order valence-electron chi connectivity index (χ1n) is 6.33. The van der Waals surface area contributed by atoms with Gasteiger partial charge in [-0.3, -0.25) is 4.79 Å². The van der Waals surface area contributed by atoms with E-state index in [0.717, 1.165) is 35.8 Å². The van der Waals surface area contributed by atoms with Crippen molar-refractivity contribution >= 4 is 23.2 Å². The minimum atomic E-state index is -0.936. The molecule has 0 spiro atoms. The molecule has 1 aromatic carbocycles. The smallest absolute Gasteiger partial charge is 0.336 e. The third kappa shape index (κ3) is 2.03. The summed E-state index contributed by atoms with van der Waals surface area (Å²) >= 11 is 0. The van der Waals surface area contributed by atoms with E-state index in [1.807, 2.05) is 11.5 Å². The fourth-order valence-electron chi connectivity index (χ4n) is 2.55. The van der Waals surface area contributed by atoms with Crippen molar-refractivity contribution in [2.45, 2.75) is 33.7 Å².